The van der Waals surface area contributed by atoms with Gasteiger partial charge in [0.1, 0.15) is 0 Å². The molecule has 0 aromatic heterocycles. The molecule has 1 atom stereocenters. The van der Waals surface area contributed by atoms with Crippen LogP contribution >= 0.6 is 0 Å². The standard InChI is InChI=1S/C14H24N2O/c1-3-7-16(9-12(2)11-17)10-13-5-4-6-14(15)8-13/h4-6,8,12,17H,3,7,9-11,15H2,1-2H3. The van der Waals surface area contributed by atoms with E-state index in [0.29, 0.717) is 5.92 Å². The summed E-state index contributed by atoms with van der Waals surface area (Å²) in [5.74, 6) is 0.322. The molecule has 1 unspecified atom stereocenters. The highest BCUT2D eigenvalue weighted by molar-refractivity contribution is 5.40. The summed E-state index contributed by atoms with van der Waals surface area (Å²) in [4.78, 5) is 2.37. The number of hydrogen-bond acceptors (Lipinski definition) is 3. The Morgan fingerprint density at radius 1 is 1.41 bits per heavy atom. The highest BCUT2D eigenvalue weighted by Crippen LogP contribution is 2.11. The maximum atomic E-state index is 9.12. The Balaban J connectivity index is 2.59. The predicted molar refractivity (Wildman–Crippen MR) is 72.7 cm³/mol. The van der Waals surface area contributed by atoms with E-state index in [9.17, 15) is 0 Å². The van der Waals surface area contributed by atoms with Crippen LogP contribution in [0.25, 0.3) is 0 Å². The first-order valence-electron chi connectivity index (χ1n) is 6.33. The van der Waals surface area contributed by atoms with Crippen LogP contribution in [0.15, 0.2) is 24.3 Å². The molecule has 0 fully saturated rings. The Kier molecular flexibility index (Phi) is 6.01. The zero-order valence-electron chi connectivity index (χ0n) is 10.9. The minimum absolute atomic E-state index is 0.247. The molecule has 0 bridgehead atoms. The van der Waals surface area contributed by atoms with Crippen molar-refractivity contribution in [3.8, 4) is 0 Å². The van der Waals surface area contributed by atoms with Crippen molar-refractivity contribution in [1.82, 2.24) is 4.90 Å². The first kappa shape index (κ1) is 14.0. The second-order valence-corrected chi connectivity index (χ2v) is 4.77. The molecule has 0 aliphatic carbocycles. The quantitative estimate of drug-likeness (QED) is 0.713. The van der Waals surface area contributed by atoms with Crippen molar-refractivity contribution in [3.05, 3.63) is 29.8 Å². The van der Waals surface area contributed by atoms with Crippen molar-refractivity contribution < 1.29 is 5.11 Å². The van der Waals surface area contributed by atoms with Crippen LogP contribution in [-0.4, -0.2) is 29.7 Å². The van der Waals surface area contributed by atoms with Crippen molar-refractivity contribution in [1.29, 1.82) is 0 Å². The van der Waals surface area contributed by atoms with Gasteiger partial charge in [-0.25, -0.2) is 0 Å². The molecule has 1 aromatic rings. The molecule has 17 heavy (non-hydrogen) atoms. The molecule has 1 aromatic carbocycles. The summed E-state index contributed by atoms with van der Waals surface area (Å²) in [5, 5.41) is 9.12. The maximum absolute atomic E-state index is 9.12. The summed E-state index contributed by atoms with van der Waals surface area (Å²) in [6.07, 6.45) is 1.13. The lowest BCUT2D eigenvalue weighted by Crippen LogP contribution is -2.30. The van der Waals surface area contributed by atoms with E-state index < -0.39 is 0 Å². The average Bonchev–Trinajstić information content (AvgIpc) is 2.29. The molecule has 3 N–H and O–H groups in total. The van der Waals surface area contributed by atoms with Crippen LogP contribution in [0.4, 0.5) is 5.69 Å². The topological polar surface area (TPSA) is 49.5 Å². The van der Waals surface area contributed by atoms with E-state index >= 15 is 0 Å². The fraction of sp³-hybridized carbons (Fsp3) is 0.571. The molecule has 0 amide bonds. The van der Waals surface area contributed by atoms with E-state index in [1.54, 1.807) is 0 Å². The maximum Gasteiger partial charge on any atom is 0.0468 e. The minimum atomic E-state index is 0.247. The number of nitrogen functional groups attached to an aromatic ring is 1. The van der Waals surface area contributed by atoms with Gasteiger partial charge in [0, 0.05) is 25.4 Å². The molecule has 3 heteroatoms. The van der Waals surface area contributed by atoms with Crippen LogP contribution in [0, 0.1) is 5.92 Å². The Hall–Kier alpha value is -1.06. The minimum Gasteiger partial charge on any atom is -0.399 e. The SMILES string of the molecule is CCCN(Cc1cccc(N)c1)CC(C)CO. The largest absolute Gasteiger partial charge is 0.399 e. The number of benzene rings is 1. The number of aliphatic hydroxyl groups is 1. The van der Waals surface area contributed by atoms with Crippen LogP contribution in [0.2, 0.25) is 0 Å². The van der Waals surface area contributed by atoms with Crippen LogP contribution in [-0.2, 0) is 6.54 Å². The van der Waals surface area contributed by atoms with E-state index in [1.807, 2.05) is 18.2 Å². The van der Waals surface area contributed by atoms with E-state index in [1.165, 1.54) is 5.56 Å². The Morgan fingerprint density at radius 2 is 2.18 bits per heavy atom. The molecule has 3 nitrogen and oxygen atoms in total. The van der Waals surface area contributed by atoms with E-state index in [2.05, 4.69) is 24.8 Å². The molecular formula is C14H24N2O. The Bertz CT molecular complexity index is 328. The smallest absolute Gasteiger partial charge is 0.0468 e. The first-order valence-corrected chi connectivity index (χ1v) is 6.33. The van der Waals surface area contributed by atoms with Gasteiger partial charge in [-0.2, -0.15) is 0 Å². The number of hydrogen-bond donors (Lipinski definition) is 2. The van der Waals surface area contributed by atoms with Crippen molar-refractivity contribution in [2.45, 2.75) is 26.8 Å². The summed E-state index contributed by atoms with van der Waals surface area (Å²) in [6, 6.07) is 8.02. The molecule has 96 valence electrons. The second-order valence-electron chi connectivity index (χ2n) is 4.77. The monoisotopic (exact) mass is 236 g/mol. The third-order valence-corrected chi connectivity index (χ3v) is 2.78. The lowest BCUT2D eigenvalue weighted by Gasteiger charge is -2.24. The van der Waals surface area contributed by atoms with Gasteiger partial charge in [-0.1, -0.05) is 26.0 Å². The lowest BCUT2D eigenvalue weighted by atomic mass is 10.1. The van der Waals surface area contributed by atoms with Gasteiger partial charge in [0.05, 0.1) is 0 Å². The predicted octanol–water partition coefficient (Wildman–Crippen LogP) is 2.11. The van der Waals surface area contributed by atoms with Crippen molar-refractivity contribution >= 4 is 5.69 Å². The third-order valence-electron chi connectivity index (χ3n) is 2.78. The zero-order valence-corrected chi connectivity index (χ0v) is 10.9. The third kappa shape index (κ3) is 5.20. The molecule has 0 saturated carbocycles. The summed E-state index contributed by atoms with van der Waals surface area (Å²) >= 11 is 0. The molecule has 1 rings (SSSR count). The van der Waals surface area contributed by atoms with Crippen molar-refractivity contribution in [2.24, 2.45) is 5.92 Å². The molecule has 0 radical (unpaired) electrons. The van der Waals surface area contributed by atoms with Gasteiger partial charge in [0.2, 0.25) is 0 Å². The average molecular weight is 236 g/mol. The molecule has 0 aliphatic heterocycles. The van der Waals surface area contributed by atoms with Gasteiger partial charge in [-0.3, -0.25) is 4.90 Å². The number of anilines is 1. The number of aliphatic hydroxyl groups excluding tert-OH is 1. The molecule has 0 heterocycles. The lowest BCUT2D eigenvalue weighted by molar-refractivity contribution is 0.168. The van der Waals surface area contributed by atoms with Crippen molar-refractivity contribution in [2.75, 3.05) is 25.4 Å². The van der Waals surface area contributed by atoms with Crippen LogP contribution in [0.5, 0.6) is 0 Å². The van der Waals surface area contributed by atoms with Crippen molar-refractivity contribution in [3.63, 3.8) is 0 Å². The van der Waals surface area contributed by atoms with Gasteiger partial charge >= 0.3 is 0 Å². The fourth-order valence-electron chi connectivity index (χ4n) is 2.00. The van der Waals surface area contributed by atoms with Gasteiger partial charge in [0.15, 0.2) is 0 Å². The summed E-state index contributed by atoms with van der Waals surface area (Å²) in [7, 11) is 0. The van der Waals surface area contributed by atoms with Gasteiger partial charge < -0.3 is 10.8 Å². The number of rotatable bonds is 7. The normalized spacial score (nSPS) is 12.9. The van der Waals surface area contributed by atoms with Crippen LogP contribution < -0.4 is 5.73 Å². The summed E-state index contributed by atoms with van der Waals surface area (Å²) in [6.45, 7) is 7.39. The molecular weight excluding hydrogens is 212 g/mol. The fourth-order valence-corrected chi connectivity index (χ4v) is 2.00. The molecule has 0 saturated heterocycles. The molecule has 0 aliphatic rings. The second kappa shape index (κ2) is 7.30. The highest BCUT2D eigenvalue weighted by atomic mass is 16.3. The van der Waals surface area contributed by atoms with Crippen LogP contribution in [0.1, 0.15) is 25.8 Å². The Labute approximate surface area is 104 Å². The van der Waals surface area contributed by atoms with Crippen LogP contribution in [0.3, 0.4) is 0 Å². The summed E-state index contributed by atoms with van der Waals surface area (Å²) in [5.41, 5.74) is 7.83. The zero-order chi connectivity index (χ0) is 12.7. The van der Waals surface area contributed by atoms with Gasteiger partial charge in [-0.15, -0.1) is 0 Å². The number of nitrogens with two attached hydrogens (primary N) is 1. The molecule has 0 spiro atoms. The van der Waals surface area contributed by atoms with E-state index in [4.69, 9.17) is 10.8 Å². The first-order chi connectivity index (χ1) is 8.15. The van der Waals surface area contributed by atoms with Gasteiger partial charge in [0.25, 0.3) is 0 Å². The summed E-state index contributed by atoms with van der Waals surface area (Å²) < 4.78 is 0. The highest BCUT2D eigenvalue weighted by Gasteiger charge is 2.09. The van der Waals surface area contributed by atoms with E-state index in [0.717, 1.165) is 31.7 Å². The van der Waals surface area contributed by atoms with E-state index in [-0.39, 0.29) is 6.61 Å². The Morgan fingerprint density at radius 3 is 2.76 bits per heavy atom. The number of nitrogens with zero attached hydrogens (tertiary/aromatic N) is 1. The van der Waals surface area contributed by atoms with Gasteiger partial charge in [-0.05, 0) is 36.6 Å².